The van der Waals surface area contributed by atoms with E-state index in [0.717, 1.165) is 18.9 Å². The Bertz CT molecular complexity index is 294. The number of thiazole rings is 1. The van der Waals surface area contributed by atoms with Crippen LogP contribution in [0.2, 0.25) is 0 Å². The Hall–Kier alpha value is -0.410. The average Bonchev–Trinajstić information content (AvgIpc) is 2.71. The third-order valence-corrected chi connectivity index (χ3v) is 3.74. The minimum Gasteiger partial charge on any atom is -0.309 e. The average molecular weight is 240 g/mol. The lowest BCUT2D eigenvalue weighted by molar-refractivity contribution is 0.529. The number of hydrogen-bond acceptors (Lipinski definition) is 3. The second kappa shape index (κ2) is 7.02. The molecule has 2 nitrogen and oxygen atoms in total. The molecule has 0 aliphatic rings. The van der Waals surface area contributed by atoms with Crippen LogP contribution in [0.1, 0.15) is 51.2 Å². The smallest absolute Gasteiger partial charge is 0.0928 e. The Kier molecular flexibility index (Phi) is 5.99. The van der Waals surface area contributed by atoms with Gasteiger partial charge in [0, 0.05) is 18.0 Å². The molecule has 1 rings (SSSR count). The van der Waals surface area contributed by atoms with Crippen LogP contribution < -0.4 is 5.32 Å². The number of nitrogens with zero attached hydrogens (tertiary/aromatic N) is 1. The summed E-state index contributed by atoms with van der Waals surface area (Å²) in [5.41, 5.74) is 1.20. The van der Waals surface area contributed by atoms with E-state index in [1.165, 1.54) is 23.5 Å². The van der Waals surface area contributed by atoms with Crippen LogP contribution in [0, 0.1) is 5.92 Å². The molecule has 92 valence electrons. The van der Waals surface area contributed by atoms with E-state index in [2.05, 4.69) is 43.4 Å². The van der Waals surface area contributed by atoms with E-state index in [1.54, 1.807) is 11.3 Å². The summed E-state index contributed by atoms with van der Waals surface area (Å²) < 4.78 is 0. The first-order valence-electron chi connectivity index (χ1n) is 6.28. The molecule has 0 spiro atoms. The molecule has 1 heterocycles. The molecule has 1 unspecified atom stereocenters. The molecule has 0 aliphatic heterocycles. The molecule has 0 saturated carbocycles. The van der Waals surface area contributed by atoms with E-state index in [0.29, 0.717) is 6.04 Å². The molecule has 1 aromatic heterocycles. The van der Waals surface area contributed by atoms with Crippen molar-refractivity contribution in [3.63, 3.8) is 0 Å². The van der Waals surface area contributed by atoms with Crippen LogP contribution in [0.25, 0.3) is 0 Å². The Morgan fingerprint density at radius 1 is 1.38 bits per heavy atom. The largest absolute Gasteiger partial charge is 0.309 e. The Labute approximate surface area is 103 Å². The van der Waals surface area contributed by atoms with Crippen molar-refractivity contribution < 1.29 is 0 Å². The van der Waals surface area contributed by atoms with Gasteiger partial charge in [0.15, 0.2) is 0 Å². The van der Waals surface area contributed by atoms with Crippen LogP contribution in [-0.4, -0.2) is 11.0 Å². The molecule has 1 aromatic rings. The van der Waals surface area contributed by atoms with Crippen LogP contribution in [0.5, 0.6) is 0 Å². The standard InChI is InChI=1S/C13H24N2S/c1-5-11(4)14-8-12-9-16-13(15-12)7-6-10(2)3/h9-11,14H,5-8H2,1-4H3. The Morgan fingerprint density at radius 2 is 2.12 bits per heavy atom. The van der Waals surface area contributed by atoms with E-state index in [9.17, 15) is 0 Å². The molecule has 0 bridgehead atoms. The highest BCUT2D eigenvalue weighted by atomic mass is 32.1. The maximum Gasteiger partial charge on any atom is 0.0928 e. The van der Waals surface area contributed by atoms with Gasteiger partial charge in [-0.25, -0.2) is 4.98 Å². The number of rotatable bonds is 7. The quantitative estimate of drug-likeness (QED) is 0.787. The van der Waals surface area contributed by atoms with Gasteiger partial charge in [0.2, 0.25) is 0 Å². The van der Waals surface area contributed by atoms with Crippen LogP contribution in [0.4, 0.5) is 0 Å². The second-order valence-electron chi connectivity index (χ2n) is 4.86. The van der Waals surface area contributed by atoms with E-state index in [1.807, 2.05) is 0 Å². The summed E-state index contributed by atoms with van der Waals surface area (Å²) >= 11 is 1.80. The first-order chi connectivity index (χ1) is 7.61. The zero-order chi connectivity index (χ0) is 12.0. The van der Waals surface area contributed by atoms with Gasteiger partial charge in [0.1, 0.15) is 0 Å². The van der Waals surface area contributed by atoms with Gasteiger partial charge in [0.25, 0.3) is 0 Å². The fraction of sp³-hybridized carbons (Fsp3) is 0.769. The second-order valence-corrected chi connectivity index (χ2v) is 5.80. The van der Waals surface area contributed by atoms with Crippen molar-refractivity contribution in [3.05, 3.63) is 16.1 Å². The van der Waals surface area contributed by atoms with E-state index >= 15 is 0 Å². The molecule has 1 atom stereocenters. The maximum absolute atomic E-state index is 4.64. The molecule has 0 aliphatic carbocycles. The van der Waals surface area contributed by atoms with Crippen molar-refractivity contribution in [1.29, 1.82) is 0 Å². The third kappa shape index (κ3) is 5.08. The number of hydrogen-bond donors (Lipinski definition) is 1. The van der Waals surface area contributed by atoms with Crippen molar-refractivity contribution in [1.82, 2.24) is 10.3 Å². The van der Waals surface area contributed by atoms with Crippen molar-refractivity contribution in [2.24, 2.45) is 5.92 Å². The highest BCUT2D eigenvalue weighted by molar-refractivity contribution is 7.09. The summed E-state index contributed by atoms with van der Waals surface area (Å²) in [7, 11) is 0. The lowest BCUT2D eigenvalue weighted by atomic mass is 10.1. The molecular weight excluding hydrogens is 216 g/mol. The maximum atomic E-state index is 4.64. The summed E-state index contributed by atoms with van der Waals surface area (Å²) in [6.45, 7) is 9.85. The van der Waals surface area contributed by atoms with Gasteiger partial charge in [0.05, 0.1) is 10.7 Å². The van der Waals surface area contributed by atoms with Crippen LogP contribution in [0.15, 0.2) is 5.38 Å². The van der Waals surface area contributed by atoms with Crippen molar-refractivity contribution in [3.8, 4) is 0 Å². The summed E-state index contributed by atoms with van der Waals surface area (Å²) in [6, 6.07) is 0.584. The third-order valence-electron chi connectivity index (χ3n) is 2.78. The molecule has 3 heteroatoms. The molecule has 0 fully saturated rings. The number of aryl methyl sites for hydroxylation is 1. The van der Waals surface area contributed by atoms with Crippen molar-refractivity contribution in [2.45, 2.75) is 59.5 Å². The molecule has 1 N–H and O–H groups in total. The molecular formula is C13H24N2S. The molecule has 16 heavy (non-hydrogen) atoms. The Balaban J connectivity index is 2.33. The van der Waals surface area contributed by atoms with Gasteiger partial charge in [-0.2, -0.15) is 0 Å². The molecule has 0 amide bonds. The van der Waals surface area contributed by atoms with Gasteiger partial charge in [-0.1, -0.05) is 20.8 Å². The molecule has 0 radical (unpaired) electrons. The lowest BCUT2D eigenvalue weighted by Crippen LogP contribution is -2.24. The lowest BCUT2D eigenvalue weighted by Gasteiger charge is -2.08. The fourth-order valence-corrected chi connectivity index (χ4v) is 2.19. The highest BCUT2D eigenvalue weighted by Crippen LogP contribution is 2.14. The Morgan fingerprint density at radius 3 is 2.75 bits per heavy atom. The van der Waals surface area contributed by atoms with Gasteiger partial charge in [-0.05, 0) is 32.1 Å². The van der Waals surface area contributed by atoms with Gasteiger partial charge >= 0.3 is 0 Å². The minimum atomic E-state index is 0.584. The van der Waals surface area contributed by atoms with Gasteiger partial charge in [-0.3, -0.25) is 0 Å². The molecule has 0 aromatic carbocycles. The minimum absolute atomic E-state index is 0.584. The van der Waals surface area contributed by atoms with E-state index in [4.69, 9.17) is 0 Å². The summed E-state index contributed by atoms with van der Waals surface area (Å²) in [6.07, 6.45) is 3.54. The van der Waals surface area contributed by atoms with Gasteiger partial charge in [-0.15, -0.1) is 11.3 Å². The van der Waals surface area contributed by atoms with Crippen LogP contribution in [0.3, 0.4) is 0 Å². The van der Waals surface area contributed by atoms with Crippen LogP contribution in [-0.2, 0) is 13.0 Å². The zero-order valence-electron chi connectivity index (χ0n) is 10.9. The predicted molar refractivity (Wildman–Crippen MR) is 71.9 cm³/mol. The molecule has 0 saturated heterocycles. The summed E-state index contributed by atoms with van der Waals surface area (Å²) in [5, 5.41) is 6.94. The predicted octanol–water partition coefficient (Wildman–Crippen LogP) is 3.62. The van der Waals surface area contributed by atoms with E-state index in [-0.39, 0.29) is 0 Å². The first-order valence-corrected chi connectivity index (χ1v) is 7.16. The highest BCUT2D eigenvalue weighted by Gasteiger charge is 2.04. The van der Waals surface area contributed by atoms with E-state index < -0.39 is 0 Å². The van der Waals surface area contributed by atoms with Gasteiger partial charge < -0.3 is 5.32 Å². The summed E-state index contributed by atoms with van der Waals surface area (Å²) in [5.74, 6) is 0.769. The van der Waals surface area contributed by atoms with Crippen molar-refractivity contribution in [2.75, 3.05) is 0 Å². The van der Waals surface area contributed by atoms with Crippen molar-refractivity contribution >= 4 is 11.3 Å². The number of aromatic nitrogens is 1. The SMILES string of the molecule is CCC(C)NCc1csc(CCC(C)C)n1. The topological polar surface area (TPSA) is 24.9 Å². The van der Waals surface area contributed by atoms with Crippen LogP contribution >= 0.6 is 11.3 Å². The normalized spacial score (nSPS) is 13.3. The summed E-state index contributed by atoms with van der Waals surface area (Å²) in [4.78, 5) is 4.64. The zero-order valence-corrected chi connectivity index (χ0v) is 11.7. The fourth-order valence-electron chi connectivity index (χ4n) is 1.38. The first kappa shape index (κ1) is 13.7. The number of nitrogens with one attached hydrogen (secondary N) is 1. The monoisotopic (exact) mass is 240 g/mol.